The number of sulfonamides is 1. The lowest BCUT2D eigenvalue weighted by Gasteiger charge is -2.05. The topological polar surface area (TPSA) is 90.0 Å². The Hall–Kier alpha value is -1.38. The van der Waals surface area contributed by atoms with Crippen LogP contribution in [0, 0.1) is 0 Å². The SMILES string of the molecule is NCc1cc(S(=O)(=O)Nc2ccc(Br)cn2)cn1C1CC1. The van der Waals surface area contributed by atoms with Crippen LogP contribution in [0.2, 0.25) is 0 Å². The fraction of sp³-hybridized carbons (Fsp3) is 0.308. The molecule has 0 aromatic carbocycles. The molecule has 2 aromatic rings. The molecule has 0 atom stereocenters. The van der Waals surface area contributed by atoms with Gasteiger partial charge < -0.3 is 10.3 Å². The third kappa shape index (κ3) is 3.12. The second kappa shape index (κ2) is 5.43. The normalized spacial score (nSPS) is 15.1. The minimum atomic E-state index is -3.65. The molecule has 0 bridgehead atoms. The summed E-state index contributed by atoms with van der Waals surface area (Å²) >= 11 is 3.26. The Kier molecular flexibility index (Phi) is 3.76. The first-order chi connectivity index (χ1) is 9.99. The highest BCUT2D eigenvalue weighted by atomic mass is 79.9. The highest BCUT2D eigenvalue weighted by Gasteiger charge is 2.28. The maximum Gasteiger partial charge on any atom is 0.264 e. The fourth-order valence-corrected chi connectivity index (χ4v) is 3.42. The van der Waals surface area contributed by atoms with Crippen LogP contribution >= 0.6 is 15.9 Å². The molecular formula is C13H15BrN4O2S. The lowest BCUT2D eigenvalue weighted by atomic mass is 10.4. The monoisotopic (exact) mass is 370 g/mol. The molecule has 2 heterocycles. The number of nitrogens with zero attached hydrogens (tertiary/aromatic N) is 2. The van der Waals surface area contributed by atoms with Crippen LogP contribution in [0.15, 0.2) is 40.0 Å². The summed E-state index contributed by atoms with van der Waals surface area (Å²) in [6.45, 7) is 0.322. The smallest absolute Gasteiger partial charge is 0.264 e. The number of hydrogen-bond acceptors (Lipinski definition) is 4. The molecule has 21 heavy (non-hydrogen) atoms. The number of pyridine rings is 1. The van der Waals surface area contributed by atoms with Crippen LogP contribution in [-0.2, 0) is 16.6 Å². The van der Waals surface area contributed by atoms with Crippen molar-refractivity contribution in [1.29, 1.82) is 0 Å². The van der Waals surface area contributed by atoms with Crippen molar-refractivity contribution in [3.63, 3.8) is 0 Å². The van der Waals surface area contributed by atoms with Gasteiger partial charge in [-0.3, -0.25) is 4.72 Å². The van der Waals surface area contributed by atoms with Crippen LogP contribution < -0.4 is 10.5 Å². The van der Waals surface area contributed by atoms with Crippen LogP contribution in [0.4, 0.5) is 5.82 Å². The van der Waals surface area contributed by atoms with Gasteiger partial charge in [-0.05, 0) is 47.0 Å². The molecule has 1 saturated carbocycles. The lowest BCUT2D eigenvalue weighted by molar-refractivity contribution is 0.600. The van der Waals surface area contributed by atoms with E-state index in [0.29, 0.717) is 12.6 Å². The quantitative estimate of drug-likeness (QED) is 0.844. The molecule has 0 spiro atoms. The first-order valence-corrected chi connectivity index (χ1v) is 8.82. The molecule has 112 valence electrons. The van der Waals surface area contributed by atoms with Gasteiger partial charge in [0.2, 0.25) is 0 Å². The number of hydrogen-bond donors (Lipinski definition) is 2. The van der Waals surface area contributed by atoms with Crippen molar-refractivity contribution in [3.05, 3.63) is 40.8 Å². The van der Waals surface area contributed by atoms with Crippen LogP contribution in [0.25, 0.3) is 0 Å². The van der Waals surface area contributed by atoms with Crippen LogP contribution in [-0.4, -0.2) is 18.0 Å². The van der Waals surface area contributed by atoms with Crippen molar-refractivity contribution < 1.29 is 8.42 Å². The highest BCUT2D eigenvalue weighted by molar-refractivity contribution is 9.10. The summed E-state index contributed by atoms with van der Waals surface area (Å²) in [6, 6.07) is 5.34. The molecule has 8 heteroatoms. The van der Waals surface area contributed by atoms with E-state index in [0.717, 1.165) is 23.0 Å². The van der Waals surface area contributed by atoms with Crippen molar-refractivity contribution in [2.75, 3.05) is 4.72 Å². The molecule has 3 N–H and O–H groups in total. The maximum atomic E-state index is 12.4. The number of anilines is 1. The zero-order chi connectivity index (χ0) is 15.0. The summed E-state index contributed by atoms with van der Waals surface area (Å²) < 4.78 is 30.0. The van der Waals surface area contributed by atoms with E-state index in [1.165, 1.54) is 0 Å². The van der Waals surface area contributed by atoms with Gasteiger partial charge >= 0.3 is 0 Å². The largest absolute Gasteiger partial charge is 0.346 e. The van der Waals surface area contributed by atoms with Crippen molar-refractivity contribution in [3.8, 4) is 0 Å². The molecule has 0 aliphatic heterocycles. The van der Waals surface area contributed by atoms with E-state index in [1.54, 1.807) is 30.6 Å². The Morgan fingerprint density at radius 2 is 2.19 bits per heavy atom. The van der Waals surface area contributed by atoms with Gasteiger partial charge in [0.25, 0.3) is 10.0 Å². The molecule has 0 saturated heterocycles. The summed E-state index contributed by atoms with van der Waals surface area (Å²) in [5, 5.41) is 0. The summed E-state index contributed by atoms with van der Waals surface area (Å²) in [7, 11) is -3.65. The predicted molar refractivity (Wildman–Crippen MR) is 83.3 cm³/mol. The number of aromatic nitrogens is 2. The third-order valence-corrected chi connectivity index (χ3v) is 5.12. The van der Waals surface area contributed by atoms with Gasteiger partial charge in [0.1, 0.15) is 10.7 Å². The minimum absolute atomic E-state index is 0.222. The Labute approximate surface area is 131 Å². The summed E-state index contributed by atoms with van der Waals surface area (Å²) in [4.78, 5) is 4.24. The Bertz CT molecular complexity index is 751. The van der Waals surface area contributed by atoms with E-state index in [2.05, 4.69) is 25.6 Å². The van der Waals surface area contributed by atoms with E-state index >= 15 is 0 Å². The van der Waals surface area contributed by atoms with Gasteiger partial charge in [-0.25, -0.2) is 13.4 Å². The van der Waals surface area contributed by atoms with Gasteiger partial charge in [0.15, 0.2) is 0 Å². The summed E-state index contributed by atoms with van der Waals surface area (Å²) in [5.74, 6) is 0.284. The van der Waals surface area contributed by atoms with Gasteiger partial charge in [-0.1, -0.05) is 0 Å². The number of rotatable bonds is 5. The number of nitrogens with one attached hydrogen (secondary N) is 1. The number of halogens is 1. The maximum absolute atomic E-state index is 12.4. The van der Waals surface area contributed by atoms with Crippen LogP contribution in [0.1, 0.15) is 24.6 Å². The standard InChI is InChI=1S/C13H15BrN4O2S/c14-9-1-4-13(16-7-9)17-21(19,20)12-5-11(6-15)18(8-12)10-2-3-10/h1,4-5,7-8,10H,2-3,6,15H2,(H,16,17). The van der Waals surface area contributed by atoms with Crippen molar-refractivity contribution >= 4 is 31.8 Å². The van der Waals surface area contributed by atoms with Gasteiger partial charge in [-0.15, -0.1) is 0 Å². The summed E-state index contributed by atoms with van der Waals surface area (Å²) in [6.07, 6.45) is 5.34. The average Bonchev–Trinajstić information content (AvgIpc) is 3.19. The summed E-state index contributed by atoms with van der Waals surface area (Å²) in [5.41, 5.74) is 6.52. The average molecular weight is 371 g/mol. The van der Waals surface area contributed by atoms with Crippen molar-refractivity contribution in [2.45, 2.75) is 30.3 Å². The number of nitrogens with two attached hydrogens (primary N) is 1. The Morgan fingerprint density at radius 3 is 2.76 bits per heavy atom. The lowest BCUT2D eigenvalue weighted by Crippen LogP contribution is -2.13. The molecule has 0 amide bonds. The first-order valence-electron chi connectivity index (χ1n) is 6.55. The second-order valence-electron chi connectivity index (χ2n) is 4.98. The van der Waals surface area contributed by atoms with E-state index < -0.39 is 10.0 Å². The highest BCUT2D eigenvalue weighted by Crippen LogP contribution is 2.37. The molecule has 6 nitrogen and oxygen atoms in total. The second-order valence-corrected chi connectivity index (χ2v) is 7.57. The molecule has 0 radical (unpaired) electrons. The minimum Gasteiger partial charge on any atom is -0.346 e. The van der Waals surface area contributed by atoms with E-state index in [9.17, 15) is 8.42 Å². The zero-order valence-corrected chi connectivity index (χ0v) is 13.6. The molecule has 3 rings (SSSR count). The molecule has 0 unspecified atom stereocenters. The van der Waals surface area contributed by atoms with Gasteiger partial charge in [0.05, 0.1) is 0 Å². The molecule has 1 fully saturated rings. The fourth-order valence-electron chi connectivity index (χ4n) is 2.13. The van der Waals surface area contributed by atoms with E-state index in [-0.39, 0.29) is 10.7 Å². The first kappa shape index (κ1) is 14.6. The molecule has 2 aromatic heterocycles. The third-order valence-electron chi connectivity index (χ3n) is 3.33. The Balaban J connectivity index is 1.89. The molecular weight excluding hydrogens is 356 g/mol. The van der Waals surface area contributed by atoms with Gasteiger partial charge in [0, 0.05) is 35.1 Å². The van der Waals surface area contributed by atoms with Crippen LogP contribution in [0.5, 0.6) is 0 Å². The van der Waals surface area contributed by atoms with Crippen LogP contribution in [0.3, 0.4) is 0 Å². The van der Waals surface area contributed by atoms with Gasteiger partial charge in [-0.2, -0.15) is 0 Å². The van der Waals surface area contributed by atoms with Crippen molar-refractivity contribution in [2.24, 2.45) is 5.73 Å². The van der Waals surface area contributed by atoms with Crippen molar-refractivity contribution in [1.82, 2.24) is 9.55 Å². The molecule has 1 aliphatic rings. The molecule has 1 aliphatic carbocycles. The van der Waals surface area contributed by atoms with E-state index in [1.807, 2.05) is 4.57 Å². The predicted octanol–water partition coefficient (Wildman–Crippen LogP) is 2.24. The van der Waals surface area contributed by atoms with E-state index in [4.69, 9.17) is 5.73 Å². The Morgan fingerprint density at radius 1 is 1.43 bits per heavy atom. The zero-order valence-electron chi connectivity index (χ0n) is 11.2.